The number of hydrogen-bond donors (Lipinski definition) is 1. The minimum Gasteiger partial charge on any atom is -0.372 e. The van der Waals surface area contributed by atoms with E-state index in [1.807, 2.05) is 0 Å². The van der Waals surface area contributed by atoms with Gasteiger partial charge in [-0.25, -0.2) is 0 Å². The van der Waals surface area contributed by atoms with Gasteiger partial charge in [-0.2, -0.15) is 0 Å². The van der Waals surface area contributed by atoms with Crippen LogP contribution in [0.1, 0.15) is 32.8 Å². The topological polar surface area (TPSA) is 29.3 Å². The minimum absolute atomic E-state index is 0.623. The second-order valence-electron chi connectivity index (χ2n) is 4.63. The Morgan fingerprint density at radius 3 is 2.25 bits per heavy atom. The average Bonchev–Trinajstić information content (AvgIpc) is 2.30. The van der Waals surface area contributed by atoms with E-state index in [-0.39, 0.29) is 0 Å². The molecule has 0 saturated heterocycles. The fourth-order valence-corrected chi connectivity index (χ4v) is 1.73. The van der Waals surface area contributed by atoms with Gasteiger partial charge in [0.2, 0.25) is 0 Å². The molecule has 0 spiro atoms. The summed E-state index contributed by atoms with van der Waals surface area (Å²) in [4.78, 5) is 2.42. The molecule has 0 aliphatic carbocycles. The van der Waals surface area contributed by atoms with Crippen LogP contribution < -0.4 is 10.6 Å². The first-order valence-electron chi connectivity index (χ1n) is 6.21. The van der Waals surface area contributed by atoms with Gasteiger partial charge in [0.25, 0.3) is 0 Å². The van der Waals surface area contributed by atoms with Crippen molar-refractivity contribution in [3.8, 4) is 0 Å². The second-order valence-corrected chi connectivity index (χ2v) is 4.63. The summed E-state index contributed by atoms with van der Waals surface area (Å²) in [6.45, 7) is 9.57. The Kier molecular flexibility index (Phi) is 5.33. The van der Waals surface area contributed by atoms with E-state index in [0.717, 1.165) is 19.0 Å². The standard InChI is InChI=1S/C14H24N2/c1-4-16(10-9-12(2)3)14-7-5-13(11-15)6-8-14/h5-8,12H,4,9-11,15H2,1-3H3. The summed E-state index contributed by atoms with van der Waals surface area (Å²) >= 11 is 0. The van der Waals surface area contributed by atoms with Crippen molar-refractivity contribution in [3.63, 3.8) is 0 Å². The van der Waals surface area contributed by atoms with Crippen LogP contribution in [0.2, 0.25) is 0 Å². The third-order valence-electron chi connectivity index (χ3n) is 2.90. The number of hydrogen-bond acceptors (Lipinski definition) is 2. The van der Waals surface area contributed by atoms with E-state index in [2.05, 4.69) is 49.9 Å². The molecule has 16 heavy (non-hydrogen) atoms. The first-order chi connectivity index (χ1) is 7.67. The Morgan fingerprint density at radius 1 is 1.19 bits per heavy atom. The maximum atomic E-state index is 5.59. The summed E-state index contributed by atoms with van der Waals surface area (Å²) in [5.74, 6) is 0.761. The van der Waals surface area contributed by atoms with Crippen molar-refractivity contribution in [2.45, 2.75) is 33.7 Å². The molecule has 0 radical (unpaired) electrons. The summed E-state index contributed by atoms with van der Waals surface area (Å²) in [5, 5.41) is 0. The van der Waals surface area contributed by atoms with Crippen LogP contribution in [0, 0.1) is 5.92 Å². The summed E-state index contributed by atoms with van der Waals surface area (Å²) in [6, 6.07) is 8.58. The molecule has 0 aromatic heterocycles. The quantitative estimate of drug-likeness (QED) is 0.798. The summed E-state index contributed by atoms with van der Waals surface area (Å²) in [5.41, 5.74) is 8.10. The third kappa shape index (κ3) is 3.86. The number of benzene rings is 1. The lowest BCUT2D eigenvalue weighted by atomic mass is 10.1. The van der Waals surface area contributed by atoms with Crippen LogP contribution in [0.15, 0.2) is 24.3 Å². The molecule has 0 saturated carbocycles. The molecule has 0 amide bonds. The Labute approximate surface area is 99.5 Å². The Balaban J connectivity index is 2.63. The number of anilines is 1. The number of nitrogens with zero attached hydrogens (tertiary/aromatic N) is 1. The molecule has 1 aromatic carbocycles. The predicted molar refractivity (Wildman–Crippen MR) is 71.7 cm³/mol. The first kappa shape index (κ1) is 13.0. The predicted octanol–water partition coefficient (Wildman–Crippen LogP) is 3.02. The maximum Gasteiger partial charge on any atom is 0.0366 e. The van der Waals surface area contributed by atoms with Crippen LogP contribution in [0.3, 0.4) is 0 Å². The maximum absolute atomic E-state index is 5.59. The van der Waals surface area contributed by atoms with Gasteiger partial charge < -0.3 is 10.6 Å². The number of nitrogens with two attached hydrogens (primary N) is 1. The van der Waals surface area contributed by atoms with Crippen LogP contribution in [-0.4, -0.2) is 13.1 Å². The van der Waals surface area contributed by atoms with Crippen molar-refractivity contribution in [1.29, 1.82) is 0 Å². The van der Waals surface area contributed by atoms with E-state index < -0.39 is 0 Å². The van der Waals surface area contributed by atoms with Crippen LogP contribution in [0.25, 0.3) is 0 Å². The highest BCUT2D eigenvalue weighted by Gasteiger charge is 2.04. The van der Waals surface area contributed by atoms with Crippen molar-refractivity contribution >= 4 is 5.69 Å². The van der Waals surface area contributed by atoms with E-state index in [1.165, 1.54) is 17.7 Å². The van der Waals surface area contributed by atoms with Crippen molar-refractivity contribution in [1.82, 2.24) is 0 Å². The molecule has 0 heterocycles. The Bertz CT molecular complexity index is 290. The molecule has 0 aliphatic rings. The van der Waals surface area contributed by atoms with Crippen molar-refractivity contribution < 1.29 is 0 Å². The fraction of sp³-hybridized carbons (Fsp3) is 0.571. The van der Waals surface area contributed by atoms with Gasteiger partial charge in [-0.3, -0.25) is 0 Å². The molecule has 0 atom stereocenters. The van der Waals surface area contributed by atoms with Crippen molar-refractivity contribution in [3.05, 3.63) is 29.8 Å². The van der Waals surface area contributed by atoms with E-state index in [9.17, 15) is 0 Å². The molecule has 1 rings (SSSR count). The van der Waals surface area contributed by atoms with Gasteiger partial charge in [-0.15, -0.1) is 0 Å². The molecular formula is C14H24N2. The molecule has 0 aliphatic heterocycles. The van der Waals surface area contributed by atoms with Crippen molar-refractivity contribution in [2.24, 2.45) is 11.7 Å². The van der Waals surface area contributed by atoms with Crippen LogP contribution in [0.5, 0.6) is 0 Å². The van der Waals surface area contributed by atoms with Gasteiger partial charge >= 0.3 is 0 Å². The molecule has 2 N–H and O–H groups in total. The van der Waals surface area contributed by atoms with Crippen LogP contribution in [-0.2, 0) is 6.54 Å². The van der Waals surface area contributed by atoms with Crippen LogP contribution >= 0.6 is 0 Å². The Hall–Kier alpha value is -1.02. The zero-order chi connectivity index (χ0) is 12.0. The molecule has 0 unspecified atom stereocenters. The van der Waals surface area contributed by atoms with Gasteiger partial charge in [-0.1, -0.05) is 26.0 Å². The minimum atomic E-state index is 0.623. The lowest BCUT2D eigenvalue weighted by Crippen LogP contribution is -2.24. The zero-order valence-corrected chi connectivity index (χ0v) is 10.7. The highest BCUT2D eigenvalue weighted by molar-refractivity contribution is 5.47. The van der Waals surface area contributed by atoms with Gasteiger partial charge in [-0.05, 0) is 37.0 Å². The molecule has 2 nitrogen and oxygen atoms in total. The number of rotatable bonds is 6. The van der Waals surface area contributed by atoms with Gasteiger partial charge in [0.15, 0.2) is 0 Å². The summed E-state index contributed by atoms with van der Waals surface area (Å²) in [6.07, 6.45) is 1.24. The largest absolute Gasteiger partial charge is 0.372 e. The van der Waals surface area contributed by atoms with Crippen molar-refractivity contribution in [2.75, 3.05) is 18.0 Å². The molecule has 0 fully saturated rings. The van der Waals surface area contributed by atoms with Crippen LogP contribution in [0.4, 0.5) is 5.69 Å². The Morgan fingerprint density at radius 2 is 1.81 bits per heavy atom. The zero-order valence-electron chi connectivity index (χ0n) is 10.7. The van der Waals surface area contributed by atoms with E-state index in [0.29, 0.717) is 6.54 Å². The molecule has 1 aromatic rings. The van der Waals surface area contributed by atoms with Gasteiger partial charge in [0, 0.05) is 25.3 Å². The average molecular weight is 220 g/mol. The third-order valence-corrected chi connectivity index (χ3v) is 2.90. The van der Waals surface area contributed by atoms with E-state index in [1.54, 1.807) is 0 Å². The molecule has 90 valence electrons. The monoisotopic (exact) mass is 220 g/mol. The fourth-order valence-electron chi connectivity index (χ4n) is 1.73. The smallest absolute Gasteiger partial charge is 0.0366 e. The van der Waals surface area contributed by atoms with Gasteiger partial charge in [0.05, 0.1) is 0 Å². The molecule has 0 bridgehead atoms. The summed E-state index contributed by atoms with van der Waals surface area (Å²) in [7, 11) is 0. The second kappa shape index (κ2) is 6.54. The lowest BCUT2D eigenvalue weighted by molar-refractivity contribution is 0.576. The first-order valence-corrected chi connectivity index (χ1v) is 6.21. The lowest BCUT2D eigenvalue weighted by Gasteiger charge is -2.24. The highest BCUT2D eigenvalue weighted by atomic mass is 15.1. The summed E-state index contributed by atoms with van der Waals surface area (Å²) < 4.78 is 0. The van der Waals surface area contributed by atoms with E-state index >= 15 is 0 Å². The SMILES string of the molecule is CCN(CCC(C)C)c1ccc(CN)cc1. The highest BCUT2D eigenvalue weighted by Crippen LogP contribution is 2.16. The normalized spacial score (nSPS) is 10.8. The van der Waals surface area contributed by atoms with E-state index in [4.69, 9.17) is 5.73 Å². The van der Waals surface area contributed by atoms with Gasteiger partial charge in [0.1, 0.15) is 0 Å². The molecule has 2 heteroatoms. The molecular weight excluding hydrogens is 196 g/mol.